The monoisotopic (exact) mass is 324 g/mol. The fraction of sp³-hybridized carbons (Fsp3) is 0.400. The first-order valence-electron chi connectivity index (χ1n) is 8.93. The molecule has 2 aromatic rings. The molecule has 2 heterocycles. The Labute approximate surface area is 145 Å². The van der Waals surface area contributed by atoms with Crippen molar-refractivity contribution in [2.24, 2.45) is 0 Å². The van der Waals surface area contributed by atoms with E-state index in [1.54, 1.807) is 0 Å². The van der Waals surface area contributed by atoms with E-state index < -0.39 is 0 Å². The third kappa shape index (κ3) is 4.89. The van der Waals surface area contributed by atoms with Crippen LogP contribution < -0.4 is 21.3 Å². The Morgan fingerprint density at radius 3 is 1.21 bits per heavy atom. The summed E-state index contributed by atoms with van der Waals surface area (Å²) < 4.78 is 0. The highest BCUT2D eigenvalue weighted by Gasteiger charge is 2.26. The predicted molar refractivity (Wildman–Crippen MR) is 100 cm³/mol. The van der Waals surface area contributed by atoms with Crippen molar-refractivity contribution in [2.45, 2.75) is 12.1 Å². The van der Waals surface area contributed by atoms with Crippen molar-refractivity contribution < 1.29 is 0 Å². The zero-order chi connectivity index (χ0) is 16.5. The maximum atomic E-state index is 3.62. The highest BCUT2D eigenvalue weighted by Crippen LogP contribution is 2.30. The first-order valence-corrected chi connectivity index (χ1v) is 8.93. The number of rotatable bonds is 2. The SMILES string of the molecule is C1CNCCN1.c1ccc(C2NCCNC2c2ccccc2)cc1. The van der Waals surface area contributed by atoms with E-state index in [0.29, 0.717) is 12.1 Å². The van der Waals surface area contributed by atoms with Crippen LogP contribution in [0.25, 0.3) is 0 Å². The minimum atomic E-state index is 0.349. The first-order chi connectivity index (χ1) is 11.9. The highest BCUT2D eigenvalue weighted by molar-refractivity contribution is 5.28. The Bertz CT molecular complexity index is 510. The Kier molecular flexibility index (Phi) is 6.81. The van der Waals surface area contributed by atoms with Gasteiger partial charge in [-0.1, -0.05) is 60.7 Å². The standard InChI is InChI=1S/C16H18N2.C4H10N2/c1-3-7-13(8-4-1)15-16(18-12-11-17-15)14-9-5-2-6-10-14;1-2-6-4-3-5-1/h1-10,15-18H,11-12H2;5-6H,1-4H2. The molecule has 0 amide bonds. The van der Waals surface area contributed by atoms with Crippen LogP contribution in [0.4, 0.5) is 0 Å². The molecular weight excluding hydrogens is 296 g/mol. The van der Waals surface area contributed by atoms with Gasteiger partial charge in [0.1, 0.15) is 0 Å². The molecular formula is C20H28N4. The summed E-state index contributed by atoms with van der Waals surface area (Å²) in [5, 5.41) is 13.7. The summed E-state index contributed by atoms with van der Waals surface area (Å²) in [5.74, 6) is 0. The molecule has 4 heteroatoms. The van der Waals surface area contributed by atoms with Crippen molar-refractivity contribution in [2.75, 3.05) is 39.3 Å². The van der Waals surface area contributed by atoms with Crippen LogP contribution in [0.1, 0.15) is 23.2 Å². The van der Waals surface area contributed by atoms with E-state index in [2.05, 4.69) is 81.9 Å². The second-order valence-electron chi connectivity index (χ2n) is 6.18. The molecule has 4 N–H and O–H groups in total. The quantitative estimate of drug-likeness (QED) is 0.681. The molecule has 0 bridgehead atoms. The van der Waals surface area contributed by atoms with Gasteiger partial charge in [-0.05, 0) is 11.1 Å². The first kappa shape index (κ1) is 17.1. The van der Waals surface area contributed by atoms with E-state index >= 15 is 0 Å². The smallest absolute Gasteiger partial charge is 0.0518 e. The van der Waals surface area contributed by atoms with Gasteiger partial charge in [-0.15, -0.1) is 0 Å². The highest BCUT2D eigenvalue weighted by atomic mass is 15.1. The van der Waals surface area contributed by atoms with Crippen LogP contribution in [0.3, 0.4) is 0 Å². The van der Waals surface area contributed by atoms with Gasteiger partial charge in [0.25, 0.3) is 0 Å². The third-order valence-electron chi connectivity index (χ3n) is 4.46. The van der Waals surface area contributed by atoms with Crippen LogP contribution in [-0.4, -0.2) is 39.3 Å². The van der Waals surface area contributed by atoms with Gasteiger partial charge in [0.05, 0.1) is 12.1 Å². The molecule has 2 aromatic carbocycles. The van der Waals surface area contributed by atoms with E-state index in [0.717, 1.165) is 39.3 Å². The fourth-order valence-corrected chi connectivity index (χ4v) is 3.24. The average molecular weight is 324 g/mol. The minimum absolute atomic E-state index is 0.349. The van der Waals surface area contributed by atoms with Crippen molar-refractivity contribution in [3.63, 3.8) is 0 Å². The van der Waals surface area contributed by atoms with Crippen LogP contribution in [0.5, 0.6) is 0 Å². The van der Waals surface area contributed by atoms with Crippen LogP contribution >= 0.6 is 0 Å². The van der Waals surface area contributed by atoms with Gasteiger partial charge < -0.3 is 21.3 Å². The molecule has 4 nitrogen and oxygen atoms in total. The molecule has 2 unspecified atom stereocenters. The molecule has 24 heavy (non-hydrogen) atoms. The number of hydrogen-bond acceptors (Lipinski definition) is 4. The lowest BCUT2D eigenvalue weighted by Crippen LogP contribution is -2.45. The summed E-state index contributed by atoms with van der Waals surface area (Å²) in [5.41, 5.74) is 2.69. The van der Waals surface area contributed by atoms with Crippen LogP contribution in [0, 0.1) is 0 Å². The largest absolute Gasteiger partial charge is 0.314 e. The van der Waals surface area contributed by atoms with Gasteiger partial charge >= 0.3 is 0 Å². The van der Waals surface area contributed by atoms with Gasteiger partial charge in [-0.3, -0.25) is 0 Å². The van der Waals surface area contributed by atoms with E-state index in [-0.39, 0.29) is 0 Å². The van der Waals surface area contributed by atoms with Gasteiger partial charge in [-0.25, -0.2) is 0 Å². The molecule has 2 aliphatic rings. The molecule has 2 saturated heterocycles. The zero-order valence-electron chi connectivity index (χ0n) is 14.2. The van der Waals surface area contributed by atoms with Gasteiger partial charge in [0.15, 0.2) is 0 Å². The number of nitrogens with one attached hydrogen (secondary N) is 4. The fourth-order valence-electron chi connectivity index (χ4n) is 3.24. The molecule has 2 atom stereocenters. The number of hydrogen-bond donors (Lipinski definition) is 4. The molecule has 2 fully saturated rings. The van der Waals surface area contributed by atoms with Crippen LogP contribution in [0.2, 0.25) is 0 Å². The Morgan fingerprint density at radius 2 is 0.875 bits per heavy atom. The summed E-state index contributed by atoms with van der Waals surface area (Å²) in [4.78, 5) is 0. The topological polar surface area (TPSA) is 48.1 Å². The molecule has 0 aliphatic carbocycles. The van der Waals surface area contributed by atoms with E-state index in [1.807, 2.05) is 0 Å². The van der Waals surface area contributed by atoms with Gasteiger partial charge in [-0.2, -0.15) is 0 Å². The molecule has 4 rings (SSSR count). The maximum absolute atomic E-state index is 3.62. The van der Waals surface area contributed by atoms with E-state index in [9.17, 15) is 0 Å². The van der Waals surface area contributed by atoms with Crippen LogP contribution in [-0.2, 0) is 0 Å². The third-order valence-corrected chi connectivity index (χ3v) is 4.46. The summed E-state index contributed by atoms with van der Waals surface area (Å²) in [6.45, 7) is 6.59. The normalized spacial score (nSPS) is 23.8. The summed E-state index contributed by atoms with van der Waals surface area (Å²) >= 11 is 0. The number of benzene rings is 2. The summed E-state index contributed by atoms with van der Waals surface area (Å²) in [6, 6.07) is 22.0. The summed E-state index contributed by atoms with van der Waals surface area (Å²) in [6.07, 6.45) is 0. The molecule has 0 spiro atoms. The molecule has 2 aliphatic heterocycles. The Morgan fingerprint density at radius 1 is 0.500 bits per heavy atom. The lowest BCUT2D eigenvalue weighted by atomic mass is 9.92. The molecule has 128 valence electrons. The predicted octanol–water partition coefficient (Wildman–Crippen LogP) is 1.84. The lowest BCUT2D eigenvalue weighted by molar-refractivity contribution is 0.333. The van der Waals surface area contributed by atoms with Gasteiger partial charge in [0.2, 0.25) is 0 Å². The second kappa shape index (κ2) is 9.55. The zero-order valence-corrected chi connectivity index (χ0v) is 14.2. The Hall–Kier alpha value is -1.72. The van der Waals surface area contributed by atoms with Crippen molar-refractivity contribution >= 4 is 0 Å². The van der Waals surface area contributed by atoms with Crippen molar-refractivity contribution in [1.82, 2.24) is 21.3 Å². The minimum Gasteiger partial charge on any atom is -0.314 e. The average Bonchev–Trinajstić information content (AvgIpc) is 2.71. The Balaban J connectivity index is 0.000000238. The molecule has 0 aromatic heterocycles. The summed E-state index contributed by atoms with van der Waals surface area (Å²) in [7, 11) is 0. The maximum Gasteiger partial charge on any atom is 0.0518 e. The van der Waals surface area contributed by atoms with Gasteiger partial charge in [0, 0.05) is 39.3 Å². The van der Waals surface area contributed by atoms with Crippen LogP contribution in [0.15, 0.2) is 60.7 Å². The number of piperazine rings is 2. The molecule has 0 radical (unpaired) electrons. The second-order valence-corrected chi connectivity index (χ2v) is 6.18. The lowest BCUT2D eigenvalue weighted by Gasteiger charge is -2.34. The van der Waals surface area contributed by atoms with Crippen molar-refractivity contribution in [3.8, 4) is 0 Å². The van der Waals surface area contributed by atoms with E-state index in [1.165, 1.54) is 11.1 Å². The molecule has 0 saturated carbocycles. The van der Waals surface area contributed by atoms with E-state index in [4.69, 9.17) is 0 Å². The van der Waals surface area contributed by atoms with Crippen molar-refractivity contribution in [3.05, 3.63) is 71.8 Å². The van der Waals surface area contributed by atoms with Crippen molar-refractivity contribution in [1.29, 1.82) is 0 Å².